The van der Waals surface area contributed by atoms with E-state index in [9.17, 15) is 9.59 Å². The summed E-state index contributed by atoms with van der Waals surface area (Å²) in [4.78, 5) is 24.2. The van der Waals surface area contributed by atoms with Gasteiger partial charge in [0.15, 0.2) is 0 Å². The van der Waals surface area contributed by atoms with Crippen LogP contribution in [0.2, 0.25) is 0 Å². The first kappa shape index (κ1) is 11.0. The van der Waals surface area contributed by atoms with Crippen LogP contribution in [0.3, 0.4) is 0 Å². The standard InChI is InChI=1S/C9H16N2O3/c1-3-5-11-8(12)7(4-6-14-2)10-9(11)13/h7H,3-6H2,1-2H3,(H,10,13). The lowest BCUT2D eigenvalue weighted by molar-refractivity contribution is -0.127. The molecular formula is C9H16N2O3. The molecule has 0 aromatic carbocycles. The fourth-order valence-electron chi connectivity index (χ4n) is 1.44. The van der Waals surface area contributed by atoms with Gasteiger partial charge in [0.2, 0.25) is 0 Å². The minimum absolute atomic E-state index is 0.131. The molecular weight excluding hydrogens is 184 g/mol. The molecule has 1 heterocycles. The molecule has 14 heavy (non-hydrogen) atoms. The van der Waals surface area contributed by atoms with Gasteiger partial charge in [0, 0.05) is 26.7 Å². The van der Waals surface area contributed by atoms with Gasteiger partial charge in [-0.1, -0.05) is 6.92 Å². The SMILES string of the molecule is CCCN1C(=O)NC(CCOC)C1=O. The Balaban J connectivity index is 2.51. The van der Waals surface area contributed by atoms with Crippen LogP contribution in [0.5, 0.6) is 0 Å². The van der Waals surface area contributed by atoms with Crippen LogP contribution in [-0.4, -0.2) is 43.1 Å². The average Bonchev–Trinajstić information content (AvgIpc) is 2.43. The molecule has 1 atom stereocenters. The zero-order valence-electron chi connectivity index (χ0n) is 8.58. The molecule has 1 aliphatic heterocycles. The Morgan fingerprint density at radius 2 is 2.21 bits per heavy atom. The molecule has 0 radical (unpaired) electrons. The van der Waals surface area contributed by atoms with Gasteiger partial charge in [-0.25, -0.2) is 4.79 Å². The maximum absolute atomic E-state index is 11.6. The first-order chi connectivity index (χ1) is 6.70. The van der Waals surface area contributed by atoms with Crippen molar-refractivity contribution in [2.75, 3.05) is 20.3 Å². The number of carbonyl (C=O) groups excluding carboxylic acids is 2. The van der Waals surface area contributed by atoms with E-state index in [1.165, 1.54) is 4.90 Å². The number of nitrogens with one attached hydrogen (secondary N) is 1. The van der Waals surface area contributed by atoms with Crippen LogP contribution in [0, 0.1) is 0 Å². The number of nitrogens with zero attached hydrogens (tertiary/aromatic N) is 1. The highest BCUT2D eigenvalue weighted by molar-refractivity contribution is 6.04. The number of ether oxygens (including phenoxy) is 1. The van der Waals surface area contributed by atoms with E-state index in [1.54, 1.807) is 7.11 Å². The van der Waals surface area contributed by atoms with Gasteiger partial charge in [-0.2, -0.15) is 0 Å². The molecule has 1 rings (SSSR count). The zero-order valence-corrected chi connectivity index (χ0v) is 8.58. The number of urea groups is 1. The Morgan fingerprint density at radius 1 is 1.50 bits per heavy atom. The lowest BCUT2D eigenvalue weighted by atomic mass is 10.2. The Kier molecular flexibility index (Phi) is 3.88. The number of amides is 3. The zero-order chi connectivity index (χ0) is 10.6. The molecule has 3 amide bonds. The number of hydrogen-bond acceptors (Lipinski definition) is 3. The molecule has 0 saturated carbocycles. The van der Waals surface area contributed by atoms with Gasteiger partial charge in [0.05, 0.1) is 0 Å². The molecule has 1 N–H and O–H groups in total. The highest BCUT2D eigenvalue weighted by Crippen LogP contribution is 2.09. The summed E-state index contributed by atoms with van der Waals surface area (Å²) in [6.07, 6.45) is 1.33. The van der Waals surface area contributed by atoms with Crippen LogP contribution in [0.4, 0.5) is 4.79 Å². The van der Waals surface area contributed by atoms with Crippen LogP contribution in [0.25, 0.3) is 0 Å². The summed E-state index contributed by atoms with van der Waals surface area (Å²) in [7, 11) is 1.57. The largest absolute Gasteiger partial charge is 0.385 e. The molecule has 0 spiro atoms. The van der Waals surface area contributed by atoms with E-state index < -0.39 is 6.04 Å². The van der Waals surface area contributed by atoms with Gasteiger partial charge in [-0.3, -0.25) is 9.69 Å². The predicted molar refractivity (Wildman–Crippen MR) is 50.8 cm³/mol. The van der Waals surface area contributed by atoms with E-state index in [2.05, 4.69) is 5.32 Å². The second-order valence-corrected chi connectivity index (χ2v) is 3.27. The third kappa shape index (κ3) is 2.23. The quantitative estimate of drug-likeness (QED) is 0.651. The first-order valence-corrected chi connectivity index (χ1v) is 4.81. The number of hydrogen-bond donors (Lipinski definition) is 1. The summed E-state index contributed by atoms with van der Waals surface area (Å²) >= 11 is 0. The molecule has 0 aromatic heterocycles. The van der Waals surface area contributed by atoms with Crippen LogP contribution in [-0.2, 0) is 9.53 Å². The number of carbonyl (C=O) groups is 2. The molecule has 1 fully saturated rings. The van der Waals surface area contributed by atoms with E-state index in [-0.39, 0.29) is 11.9 Å². The molecule has 1 saturated heterocycles. The summed E-state index contributed by atoms with van der Waals surface area (Å²) < 4.78 is 4.86. The lowest BCUT2D eigenvalue weighted by Crippen LogP contribution is -2.32. The third-order valence-electron chi connectivity index (χ3n) is 2.16. The first-order valence-electron chi connectivity index (χ1n) is 4.81. The van der Waals surface area contributed by atoms with Crippen molar-refractivity contribution >= 4 is 11.9 Å². The number of imide groups is 1. The van der Waals surface area contributed by atoms with E-state index in [4.69, 9.17) is 4.74 Å². The van der Waals surface area contributed by atoms with Gasteiger partial charge in [0.25, 0.3) is 5.91 Å². The summed E-state index contributed by atoms with van der Waals surface area (Å²) in [5.41, 5.74) is 0. The van der Waals surface area contributed by atoms with Crippen molar-refractivity contribution in [1.29, 1.82) is 0 Å². The van der Waals surface area contributed by atoms with Crippen LogP contribution >= 0.6 is 0 Å². The van der Waals surface area contributed by atoms with E-state index in [1.807, 2.05) is 6.92 Å². The Bertz CT molecular complexity index is 230. The van der Waals surface area contributed by atoms with Gasteiger partial charge >= 0.3 is 6.03 Å². The Hall–Kier alpha value is -1.10. The molecule has 80 valence electrons. The molecule has 1 unspecified atom stereocenters. The van der Waals surface area contributed by atoms with Crippen molar-refractivity contribution in [3.8, 4) is 0 Å². The van der Waals surface area contributed by atoms with E-state index >= 15 is 0 Å². The fraction of sp³-hybridized carbons (Fsp3) is 0.778. The average molecular weight is 200 g/mol. The van der Waals surface area contributed by atoms with Gasteiger partial charge in [-0.05, 0) is 6.42 Å². The van der Waals surface area contributed by atoms with Gasteiger partial charge < -0.3 is 10.1 Å². The van der Waals surface area contributed by atoms with Crippen molar-refractivity contribution in [3.05, 3.63) is 0 Å². The minimum atomic E-state index is -0.394. The van der Waals surface area contributed by atoms with Crippen LogP contribution in [0.15, 0.2) is 0 Å². The Labute approximate surface area is 83.4 Å². The summed E-state index contributed by atoms with van der Waals surface area (Å²) in [5.74, 6) is -0.131. The van der Waals surface area contributed by atoms with E-state index in [0.717, 1.165) is 6.42 Å². The summed E-state index contributed by atoms with van der Waals surface area (Å²) in [5, 5.41) is 2.63. The van der Waals surface area contributed by atoms with E-state index in [0.29, 0.717) is 19.6 Å². The molecule has 5 heteroatoms. The maximum atomic E-state index is 11.6. The maximum Gasteiger partial charge on any atom is 0.324 e. The molecule has 0 bridgehead atoms. The predicted octanol–water partition coefficient (Wildman–Crippen LogP) is 0.353. The smallest absolute Gasteiger partial charge is 0.324 e. The van der Waals surface area contributed by atoms with Crippen LogP contribution in [0.1, 0.15) is 19.8 Å². The summed E-state index contributed by atoms with van der Waals surface area (Å²) in [6.45, 7) is 2.91. The number of methoxy groups -OCH3 is 1. The molecule has 0 aromatic rings. The molecule has 1 aliphatic rings. The monoisotopic (exact) mass is 200 g/mol. The van der Waals surface area contributed by atoms with Crippen molar-refractivity contribution in [1.82, 2.24) is 10.2 Å². The van der Waals surface area contributed by atoms with Crippen LogP contribution < -0.4 is 5.32 Å². The molecule has 0 aliphatic carbocycles. The Morgan fingerprint density at radius 3 is 2.79 bits per heavy atom. The van der Waals surface area contributed by atoms with Crippen molar-refractivity contribution in [3.63, 3.8) is 0 Å². The van der Waals surface area contributed by atoms with Crippen molar-refractivity contribution in [2.45, 2.75) is 25.8 Å². The lowest BCUT2D eigenvalue weighted by Gasteiger charge is -2.10. The highest BCUT2D eigenvalue weighted by Gasteiger charge is 2.36. The number of rotatable bonds is 5. The van der Waals surface area contributed by atoms with Gasteiger partial charge in [0.1, 0.15) is 6.04 Å². The fourth-order valence-corrected chi connectivity index (χ4v) is 1.44. The highest BCUT2D eigenvalue weighted by atomic mass is 16.5. The normalized spacial score (nSPS) is 21.6. The molecule has 5 nitrogen and oxygen atoms in total. The van der Waals surface area contributed by atoms with Crippen molar-refractivity contribution < 1.29 is 14.3 Å². The van der Waals surface area contributed by atoms with Crippen molar-refractivity contribution in [2.24, 2.45) is 0 Å². The van der Waals surface area contributed by atoms with Gasteiger partial charge in [-0.15, -0.1) is 0 Å². The second kappa shape index (κ2) is 4.95. The minimum Gasteiger partial charge on any atom is -0.385 e. The topological polar surface area (TPSA) is 58.6 Å². The summed E-state index contributed by atoms with van der Waals surface area (Å²) in [6, 6.07) is -0.674. The third-order valence-corrected chi connectivity index (χ3v) is 2.16. The second-order valence-electron chi connectivity index (χ2n) is 3.27.